The Kier molecular flexibility index (Phi) is 4.72. The summed E-state index contributed by atoms with van der Waals surface area (Å²) in [5.74, 6) is 1.59. The van der Waals surface area contributed by atoms with Crippen LogP contribution in [0.2, 0.25) is 5.02 Å². The third-order valence-electron chi connectivity index (χ3n) is 5.32. The first-order valence-corrected chi connectivity index (χ1v) is 10.5. The van der Waals surface area contributed by atoms with Gasteiger partial charge in [0.2, 0.25) is 6.23 Å². The van der Waals surface area contributed by atoms with E-state index in [-0.39, 0.29) is 6.04 Å². The number of ether oxygens (including phenoxy) is 2. The Morgan fingerprint density at radius 3 is 2.69 bits per heavy atom. The fourth-order valence-electron chi connectivity index (χ4n) is 3.97. The second-order valence-electron chi connectivity index (χ2n) is 7.05. The molecule has 0 spiro atoms. The summed E-state index contributed by atoms with van der Waals surface area (Å²) < 4.78 is 13.0. The van der Waals surface area contributed by atoms with Gasteiger partial charge in [-0.05, 0) is 42.0 Å². The van der Waals surface area contributed by atoms with Gasteiger partial charge in [0.25, 0.3) is 0 Å². The van der Waals surface area contributed by atoms with Crippen LogP contribution >= 0.6 is 27.5 Å². The summed E-state index contributed by atoms with van der Waals surface area (Å²) in [5, 5.41) is 7.71. The third-order valence-corrected chi connectivity index (χ3v) is 6.05. The van der Waals surface area contributed by atoms with Crippen LogP contribution in [0.4, 0.5) is 0 Å². The zero-order chi connectivity index (χ0) is 20.0. The van der Waals surface area contributed by atoms with Crippen molar-refractivity contribution >= 4 is 33.2 Å². The lowest BCUT2D eigenvalue weighted by Crippen LogP contribution is -2.34. The molecule has 6 heteroatoms. The van der Waals surface area contributed by atoms with Gasteiger partial charge in [0.05, 0.1) is 24.4 Å². The molecule has 0 saturated carbocycles. The van der Waals surface area contributed by atoms with E-state index in [1.54, 1.807) is 7.11 Å². The molecule has 2 aliphatic rings. The molecule has 0 aromatic heterocycles. The Morgan fingerprint density at radius 1 is 1.07 bits per heavy atom. The first-order chi connectivity index (χ1) is 14.1. The maximum Gasteiger partial charge on any atom is 0.217 e. The average molecular weight is 470 g/mol. The molecular formula is C23H18BrClN2O2. The van der Waals surface area contributed by atoms with Gasteiger partial charge in [0.1, 0.15) is 11.5 Å². The number of fused-ring (bicyclic) bond motifs is 3. The highest BCUT2D eigenvalue weighted by Crippen LogP contribution is 2.49. The number of hydrogen-bond donors (Lipinski definition) is 0. The van der Waals surface area contributed by atoms with Crippen molar-refractivity contribution in [2.45, 2.75) is 18.7 Å². The van der Waals surface area contributed by atoms with Crippen molar-refractivity contribution in [2.24, 2.45) is 5.10 Å². The van der Waals surface area contributed by atoms with E-state index >= 15 is 0 Å². The third kappa shape index (κ3) is 3.28. The average Bonchev–Trinajstić information content (AvgIpc) is 3.20. The summed E-state index contributed by atoms with van der Waals surface area (Å²) in [7, 11) is 1.67. The van der Waals surface area contributed by atoms with Crippen molar-refractivity contribution in [1.82, 2.24) is 5.01 Å². The van der Waals surface area contributed by atoms with E-state index in [4.69, 9.17) is 26.2 Å². The number of hydrogen-bond acceptors (Lipinski definition) is 4. The lowest BCUT2D eigenvalue weighted by atomic mass is 9.96. The first kappa shape index (κ1) is 18.5. The van der Waals surface area contributed by atoms with Gasteiger partial charge < -0.3 is 9.47 Å². The summed E-state index contributed by atoms with van der Waals surface area (Å²) >= 11 is 9.88. The maximum atomic E-state index is 6.43. The summed E-state index contributed by atoms with van der Waals surface area (Å²) in [5.41, 5.74) is 4.12. The van der Waals surface area contributed by atoms with E-state index in [0.29, 0.717) is 5.02 Å². The quantitative estimate of drug-likeness (QED) is 0.448. The number of hydrazone groups is 1. The fourth-order valence-corrected chi connectivity index (χ4v) is 4.53. The molecule has 0 aliphatic carbocycles. The molecule has 0 saturated heterocycles. The largest absolute Gasteiger partial charge is 0.496 e. The van der Waals surface area contributed by atoms with Crippen LogP contribution in [0.3, 0.4) is 0 Å². The molecule has 2 aliphatic heterocycles. The van der Waals surface area contributed by atoms with E-state index in [1.807, 2.05) is 59.6 Å². The second kappa shape index (κ2) is 7.39. The SMILES string of the molecule is COc1ccc(Br)cc1[C@H]1Oc2ccc(Cl)cc2[C@H]2CC(c3ccccc3)=NN21. The Balaban J connectivity index is 1.65. The highest BCUT2D eigenvalue weighted by molar-refractivity contribution is 9.10. The second-order valence-corrected chi connectivity index (χ2v) is 8.40. The summed E-state index contributed by atoms with van der Waals surface area (Å²) in [4.78, 5) is 0. The molecule has 146 valence electrons. The normalized spacial score (nSPS) is 19.8. The molecule has 0 radical (unpaired) electrons. The fraction of sp³-hybridized carbons (Fsp3) is 0.174. The van der Waals surface area contributed by atoms with Gasteiger partial charge in [-0.15, -0.1) is 0 Å². The lowest BCUT2D eigenvalue weighted by molar-refractivity contribution is -0.0203. The van der Waals surface area contributed by atoms with Crippen LogP contribution in [0.15, 0.2) is 76.3 Å². The number of rotatable bonds is 3. The molecule has 4 nitrogen and oxygen atoms in total. The van der Waals surface area contributed by atoms with Crippen LogP contribution in [-0.4, -0.2) is 17.8 Å². The molecule has 3 aromatic rings. The minimum Gasteiger partial charge on any atom is -0.496 e. The number of halogens is 2. The predicted molar refractivity (Wildman–Crippen MR) is 118 cm³/mol. The molecule has 0 unspecified atom stereocenters. The van der Waals surface area contributed by atoms with Crippen LogP contribution in [0.5, 0.6) is 11.5 Å². The highest BCUT2D eigenvalue weighted by atomic mass is 79.9. The van der Waals surface area contributed by atoms with Crippen LogP contribution in [0.25, 0.3) is 0 Å². The highest BCUT2D eigenvalue weighted by Gasteiger charge is 2.42. The van der Waals surface area contributed by atoms with E-state index in [9.17, 15) is 0 Å². The summed E-state index contributed by atoms with van der Waals surface area (Å²) in [6, 6.07) is 22.0. The van der Waals surface area contributed by atoms with Crippen molar-refractivity contribution < 1.29 is 9.47 Å². The molecule has 0 fully saturated rings. The van der Waals surface area contributed by atoms with E-state index in [0.717, 1.165) is 44.8 Å². The topological polar surface area (TPSA) is 34.1 Å². The molecule has 0 bridgehead atoms. The van der Waals surface area contributed by atoms with Crippen molar-refractivity contribution in [1.29, 1.82) is 0 Å². The smallest absolute Gasteiger partial charge is 0.217 e. The van der Waals surface area contributed by atoms with Gasteiger partial charge in [-0.1, -0.05) is 57.9 Å². The standard InChI is InChI=1S/C23H18BrClN2O2/c1-28-21-9-7-15(24)11-18(21)23-27-20(17-12-16(25)8-10-22(17)29-23)13-19(26-27)14-5-3-2-4-6-14/h2-12,20,23H,13H2,1H3/t20-,23-/m1/s1. The minimum atomic E-state index is -0.401. The van der Waals surface area contributed by atoms with E-state index in [1.165, 1.54) is 0 Å². The van der Waals surface area contributed by atoms with Crippen molar-refractivity contribution in [3.05, 3.63) is 92.9 Å². The molecule has 29 heavy (non-hydrogen) atoms. The minimum absolute atomic E-state index is 0.0429. The Hall–Kier alpha value is -2.50. The van der Waals surface area contributed by atoms with Crippen LogP contribution in [0.1, 0.15) is 35.4 Å². The van der Waals surface area contributed by atoms with Crippen LogP contribution in [0, 0.1) is 0 Å². The molecular weight excluding hydrogens is 452 g/mol. The van der Waals surface area contributed by atoms with Gasteiger partial charge in [-0.3, -0.25) is 0 Å². The zero-order valence-electron chi connectivity index (χ0n) is 15.7. The maximum absolute atomic E-state index is 6.43. The van der Waals surface area contributed by atoms with Crippen LogP contribution < -0.4 is 9.47 Å². The van der Waals surface area contributed by atoms with E-state index in [2.05, 4.69) is 28.1 Å². The molecule has 3 aromatic carbocycles. The predicted octanol–water partition coefficient (Wildman–Crippen LogP) is 6.35. The summed E-state index contributed by atoms with van der Waals surface area (Å²) in [6.07, 6.45) is 0.385. The Bertz CT molecular complexity index is 1100. The van der Waals surface area contributed by atoms with Gasteiger partial charge in [-0.2, -0.15) is 5.10 Å². The van der Waals surface area contributed by atoms with Crippen molar-refractivity contribution in [3.63, 3.8) is 0 Å². The molecule has 5 rings (SSSR count). The molecule has 0 amide bonds. The molecule has 2 heterocycles. The first-order valence-electron chi connectivity index (χ1n) is 9.35. The number of benzene rings is 3. The Morgan fingerprint density at radius 2 is 1.90 bits per heavy atom. The zero-order valence-corrected chi connectivity index (χ0v) is 18.0. The summed E-state index contributed by atoms with van der Waals surface area (Å²) in [6.45, 7) is 0. The number of methoxy groups -OCH3 is 1. The van der Waals surface area contributed by atoms with Crippen LogP contribution in [-0.2, 0) is 0 Å². The lowest BCUT2D eigenvalue weighted by Gasteiger charge is -2.38. The Labute approximate surface area is 182 Å². The van der Waals surface area contributed by atoms with Crippen molar-refractivity contribution in [3.8, 4) is 11.5 Å². The van der Waals surface area contributed by atoms with Gasteiger partial charge in [0, 0.05) is 21.5 Å². The number of nitrogens with zero attached hydrogens (tertiary/aromatic N) is 2. The van der Waals surface area contributed by atoms with Crippen molar-refractivity contribution in [2.75, 3.05) is 7.11 Å². The molecule has 0 N–H and O–H groups in total. The van der Waals surface area contributed by atoms with E-state index < -0.39 is 6.23 Å². The molecule has 2 atom stereocenters. The van der Waals surface area contributed by atoms with Gasteiger partial charge in [-0.25, -0.2) is 5.01 Å². The monoisotopic (exact) mass is 468 g/mol. The van der Waals surface area contributed by atoms with Gasteiger partial charge >= 0.3 is 0 Å². The van der Waals surface area contributed by atoms with Gasteiger partial charge in [0.15, 0.2) is 0 Å².